The van der Waals surface area contributed by atoms with Gasteiger partial charge >= 0.3 is 5.97 Å². The maximum Gasteiger partial charge on any atom is 0.327 e. The van der Waals surface area contributed by atoms with Crippen LogP contribution in [-0.4, -0.2) is 22.9 Å². The molecule has 0 fully saturated rings. The van der Waals surface area contributed by atoms with Gasteiger partial charge < -0.3 is 4.74 Å². The van der Waals surface area contributed by atoms with Gasteiger partial charge in [-0.1, -0.05) is 30.3 Å². The number of benzene rings is 2. The van der Waals surface area contributed by atoms with Gasteiger partial charge in [-0.3, -0.25) is 9.48 Å². The zero-order valence-electron chi connectivity index (χ0n) is 11.4. The second kappa shape index (κ2) is 5.36. The minimum atomic E-state index is -0.400. The Morgan fingerprint density at radius 3 is 2.71 bits per heavy atom. The van der Waals surface area contributed by atoms with E-state index in [-0.39, 0.29) is 12.4 Å². The first-order valence-corrected chi connectivity index (χ1v) is 6.47. The summed E-state index contributed by atoms with van der Waals surface area (Å²) in [6.45, 7) is -0.00847. The SMILES string of the molecule is COC(=O)Cn1nc(-c2ccccc2)c2cc(F)ccc21. The van der Waals surface area contributed by atoms with Crippen molar-refractivity contribution in [3.8, 4) is 11.3 Å². The average Bonchev–Trinajstić information content (AvgIpc) is 2.86. The summed E-state index contributed by atoms with van der Waals surface area (Å²) in [5.41, 5.74) is 2.21. The largest absolute Gasteiger partial charge is 0.468 e. The molecule has 0 saturated carbocycles. The van der Waals surface area contributed by atoms with Gasteiger partial charge in [0.05, 0.1) is 12.6 Å². The van der Waals surface area contributed by atoms with E-state index < -0.39 is 5.97 Å². The van der Waals surface area contributed by atoms with E-state index in [4.69, 9.17) is 0 Å². The third-order valence-electron chi connectivity index (χ3n) is 3.27. The third-order valence-corrected chi connectivity index (χ3v) is 3.27. The zero-order valence-corrected chi connectivity index (χ0v) is 11.4. The Labute approximate surface area is 120 Å². The maximum absolute atomic E-state index is 13.5. The Hall–Kier alpha value is -2.69. The number of methoxy groups -OCH3 is 1. The van der Waals surface area contributed by atoms with Crippen LogP contribution in [0.25, 0.3) is 22.2 Å². The second-order valence-corrected chi connectivity index (χ2v) is 4.61. The van der Waals surface area contributed by atoms with E-state index in [2.05, 4.69) is 9.84 Å². The Balaban J connectivity index is 2.20. The molecule has 21 heavy (non-hydrogen) atoms. The Morgan fingerprint density at radius 2 is 2.00 bits per heavy atom. The lowest BCUT2D eigenvalue weighted by molar-refractivity contribution is -0.141. The van der Waals surface area contributed by atoms with E-state index in [1.807, 2.05) is 30.3 Å². The summed E-state index contributed by atoms with van der Waals surface area (Å²) < 4.78 is 19.7. The number of rotatable bonds is 3. The molecule has 0 N–H and O–H groups in total. The molecule has 0 radical (unpaired) electrons. The number of halogens is 1. The number of nitrogens with zero attached hydrogens (tertiary/aromatic N) is 2. The molecule has 0 bridgehead atoms. The van der Waals surface area contributed by atoms with Crippen LogP contribution in [-0.2, 0) is 16.1 Å². The topological polar surface area (TPSA) is 44.1 Å². The van der Waals surface area contributed by atoms with Crippen LogP contribution in [0, 0.1) is 5.82 Å². The predicted molar refractivity (Wildman–Crippen MR) is 77.1 cm³/mol. The molecule has 5 heteroatoms. The molecule has 1 aromatic heterocycles. The molecular formula is C16H13FN2O2. The van der Waals surface area contributed by atoms with Gasteiger partial charge in [-0.15, -0.1) is 0 Å². The number of fused-ring (bicyclic) bond motifs is 1. The van der Waals surface area contributed by atoms with Gasteiger partial charge in [0.2, 0.25) is 0 Å². The molecule has 2 aromatic carbocycles. The van der Waals surface area contributed by atoms with Crippen LogP contribution in [0.15, 0.2) is 48.5 Å². The number of ether oxygens (including phenoxy) is 1. The number of aromatic nitrogens is 2. The monoisotopic (exact) mass is 284 g/mol. The van der Waals surface area contributed by atoms with Gasteiger partial charge in [-0.2, -0.15) is 5.10 Å². The van der Waals surface area contributed by atoms with Gasteiger partial charge in [0.1, 0.15) is 18.1 Å². The van der Waals surface area contributed by atoms with Crippen molar-refractivity contribution in [1.29, 1.82) is 0 Å². The lowest BCUT2D eigenvalue weighted by atomic mass is 10.1. The Morgan fingerprint density at radius 1 is 1.24 bits per heavy atom. The van der Waals surface area contributed by atoms with E-state index in [0.29, 0.717) is 16.6 Å². The quantitative estimate of drug-likeness (QED) is 0.694. The standard InChI is InChI=1S/C16H13FN2O2/c1-21-15(20)10-19-14-8-7-12(17)9-13(14)16(18-19)11-5-3-2-4-6-11/h2-9H,10H2,1H3. The highest BCUT2D eigenvalue weighted by Gasteiger charge is 2.15. The first-order chi connectivity index (χ1) is 10.2. The second-order valence-electron chi connectivity index (χ2n) is 4.61. The van der Waals surface area contributed by atoms with Crippen LogP contribution in [0.4, 0.5) is 4.39 Å². The zero-order chi connectivity index (χ0) is 14.8. The molecule has 3 aromatic rings. The maximum atomic E-state index is 13.5. The highest BCUT2D eigenvalue weighted by Crippen LogP contribution is 2.28. The van der Waals surface area contributed by atoms with Crippen LogP contribution in [0.1, 0.15) is 0 Å². The van der Waals surface area contributed by atoms with E-state index in [1.165, 1.54) is 23.9 Å². The molecular weight excluding hydrogens is 271 g/mol. The van der Waals surface area contributed by atoms with Gasteiger partial charge in [-0.05, 0) is 18.2 Å². The highest BCUT2D eigenvalue weighted by molar-refractivity contribution is 5.93. The van der Waals surface area contributed by atoms with Crippen molar-refractivity contribution >= 4 is 16.9 Å². The molecule has 3 rings (SSSR count). The predicted octanol–water partition coefficient (Wildman–Crippen LogP) is 3.02. The molecule has 0 aliphatic carbocycles. The van der Waals surface area contributed by atoms with Crippen molar-refractivity contribution in [2.75, 3.05) is 7.11 Å². The number of carbonyl (C=O) groups is 1. The summed E-state index contributed by atoms with van der Waals surface area (Å²) in [5, 5.41) is 5.11. The number of carbonyl (C=O) groups excluding carboxylic acids is 1. The summed E-state index contributed by atoms with van der Waals surface area (Å²) in [6.07, 6.45) is 0. The lowest BCUT2D eigenvalue weighted by Crippen LogP contribution is -2.12. The van der Waals surface area contributed by atoms with Crippen molar-refractivity contribution in [2.24, 2.45) is 0 Å². The average molecular weight is 284 g/mol. The number of hydrogen-bond acceptors (Lipinski definition) is 3. The molecule has 0 amide bonds. The summed E-state index contributed by atoms with van der Waals surface area (Å²) in [4.78, 5) is 11.5. The molecule has 106 valence electrons. The lowest BCUT2D eigenvalue weighted by Gasteiger charge is -2.01. The summed E-state index contributed by atoms with van der Waals surface area (Å²) in [5.74, 6) is -0.736. The Kier molecular flexibility index (Phi) is 3.39. The van der Waals surface area contributed by atoms with E-state index in [1.54, 1.807) is 6.07 Å². The first-order valence-electron chi connectivity index (χ1n) is 6.47. The normalized spacial score (nSPS) is 10.8. The van der Waals surface area contributed by atoms with Crippen molar-refractivity contribution in [1.82, 2.24) is 9.78 Å². The van der Waals surface area contributed by atoms with Crippen LogP contribution in [0.5, 0.6) is 0 Å². The molecule has 0 spiro atoms. The number of hydrogen-bond donors (Lipinski definition) is 0. The van der Waals surface area contributed by atoms with Crippen molar-refractivity contribution < 1.29 is 13.9 Å². The molecule has 0 aliphatic rings. The molecule has 0 aliphatic heterocycles. The molecule has 0 atom stereocenters. The molecule has 1 heterocycles. The van der Waals surface area contributed by atoms with Gasteiger partial charge in [0, 0.05) is 10.9 Å². The fourth-order valence-corrected chi connectivity index (χ4v) is 2.27. The third kappa shape index (κ3) is 2.50. The van der Waals surface area contributed by atoms with Crippen molar-refractivity contribution in [3.63, 3.8) is 0 Å². The van der Waals surface area contributed by atoms with E-state index in [9.17, 15) is 9.18 Å². The highest BCUT2D eigenvalue weighted by atomic mass is 19.1. The first kappa shape index (κ1) is 13.3. The minimum absolute atomic E-state index is 0.00847. The summed E-state index contributed by atoms with van der Waals surface area (Å²) >= 11 is 0. The minimum Gasteiger partial charge on any atom is -0.468 e. The fourth-order valence-electron chi connectivity index (χ4n) is 2.27. The van der Waals surface area contributed by atoms with Gasteiger partial charge in [0.15, 0.2) is 0 Å². The van der Waals surface area contributed by atoms with Crippen molar-refractivity contribution in [3.05, 3.63) is 54.3 Å². The molecule has 0 saturated heterocycles. The van der Waals surface area contributed by atoms with Crippen LogP contribution in [0.2, 0.25) is 0 Å². The molecule has 0 unspecified atom stereocenters. The van der Waals surface area contributed by atoms with Crippen LogP contribution >= 0.6 is 0 Å². The summed E-state index contributed by atoms with van der Waals surface area (Å²) in [7, 11) is 1.33. The number of esters is 1. The van der Waals surface area contributed by atoms with Gasteiger partial charge in [-0.25, -0.2) is 4.39 Å². The van der Waals surface area contributed by atoms with E-state index >= 15 is 0 Å². The van der Waals surface area contributed by atoms with Crippen LogP contribution < -0.4 is 0 Å². The van der Waals surface area contributed by atoms with Crippen molar-refractivity contribution in [2.45, 2.75) is 6.54 Å². The Bertz CT molecular complexity index is 797. The van der Waals surface area contributed by atoms with Gasteiger partial charge in [0.25, 0.3) is 0 Å². The van der Waals surface area contributed by atoms with Crippen LogP contribution in [0.3, 0.4) is 0 Å². The summed E-state index contributed by atoms with van der Waals surface area (Å²) in [6, 6.07) is 13.9. The smallest absolute Gasteiger partial charge is 0.327 e. The van der Waals surface area contributed by atoms with E-state index in [0.717, 1.165) is 5.56 Å². The fraction of sp³-hybridized carbons (Fsp3) is 0.125. The molecule has 4 nitrogen and oxygen atoms in total.